The molecule has 1 atom stereocenters. The van der Waals surface area contributed by atoms with E-state index in [9.17, 15) is 0 Å². The van der Waals surface area contributed by atoms with Gasteiger partial charge in [-0.2, -0.15) is 0 Å². The minimum atomic E-state index is 0.498. The van der Waals surface area contributed by atoms with Crippen molar-refractivity contribution in [2.75, 3.05) is 14.2 Å². The van der Waals surface area contributed by atoms with Gasteiger partial charge in [-0.05, 0) is 55.8 Å². The number of ether oxygens (including phenoxy) is 1. The molecule has 0 aromatic heterocycles. The van der Waals surface area contributed by atoms with Gasteiger partial charge in [-0.1, -0.05) is 31.9 Å². The maximum atomic E-state index is 5.33. The van der Waals surface area contributed by atoms with Crippen LogP contribution in [0.15, 0.2) is 24.3 Å². The molecular formula is C17H27NO. The molecule has 106 valence electrons. The lowest BCUT2D eigenvalue weighted by molar-refractivity contribution is 0.192. The van der Waals surface area contributed by atoms with Crippen molar-refractivity contribution >= 4 is 0 Å². The molecular weight excluding hydrogens is 234 g/mol. The van der Waals surface area contributed by atoms with Crippen LogP contribution >= 0.6 is 0 Å². The van der Waals surface area contributed by atoms with Crippen molar-refractivity contribution in [3.63, 3.8) is 0 Å². The topological polar surface area (TPSA) is 21.3 Å². The van der Waals surface area contributed by atoms with Crippen LogP contribution < -0.4 is 10.1 Å². The van der Waals surface area contributed by atoms with E-state index in [2.05, 4.69) is 37.5 Å². The van der Waals surface area contributed by atoms with Gasteiger partial charge in [-0.15, -0.1) is 0 Å². The van der Waals surface area contributed by atoms with Gasteiger partial charge in [0.15, 0.2) is 0 Å². The van der Waals surface area contributed by atoms with Crippen molar-refractivity contribution in [2.45, 2.75) is 51.5 Å². The van der Waals surface area contributed by atoms with E-state index in [0.29, 0.717) is 11.5 Å². The van der Waals surface area contributed by atoms with Crippen molar-refractivity contribution in [2.24, 2.45) is 5.41 Å². The highest BCUT2D eigenvalue weighted by Gasteiger charge is 2.38. The summed E-state index contributed by atoms with van der Waals surface area (Å²) in [5.41, 5.74) is 1.87. The Morgan fingerprint density at radius 2 is 2.05 bits per heavy atom. The molecule has 0 bridgehead atoms. The van der Waals surface area contributed by atoms with Gasteiger partial charge in [0, 0.05) is 6.04 Å². The van der Waals surface area contributed by atoms with Crippen LogP contribution in [0.1, 0.15) is 44.6 Å². The summed E-state index contributed by atoms with van der Waals surface area (Å²) in [6, 6.07) is 9.07. The lowest BCUT2D eigenvalue weighted by atomic mass is 9.74. The number of hydrogen-bond donors (Lipinski definition) is 1. The Bertz CT molecular complexity index is 396. The number of methoxy groups -OCH3 is 1. The summed E-state index contributed by atoms with van der Waals surface area (Å²) < 4.78 is 5.33. The highest BCUT2D eigenvalue weighted by molar-refractivity contribution is 5.29. The van der Waals surface area contributed by atoms with E-state index in [4.69, 9.17) is 4.74 Å². The first kappa shape index (κ1) is 14.4. The van der Waals surface area contributed by atoms with Gasteiger partial charge in [-0.3, -0.25) is 0 Å². The first-order chi connectivity index (χ1) is 9.24. The number of nitrogens with one attached hydrogen (secondary N) is 1. The molecule has 1 saturated carbocycles. The summed E-state index contributed by atoms with van der Waals surface area (Å²) in [5, 5.41) is 3.58. The zero-order chi connectivity index (χ0) is 13.7. The summed E-state index contributed by atoms with van der Waals surface area (Å²) in [4.78, 5) is 0. The summed E-state index contributed by atoms with van der Waals surface area (Å²) in [6.07, 6.45) is 7.91. The summed E-state index contributed by atoms with van der Waals surface area (Å²) >= 11 is 0. The fourth-order valence-electron chi connectivity index (χ4n) is 3.69. The Morgan fingerprint density at radius 1 is 1.32 bits per heavy atom. The molecule has 2 rings (SSSR count). The Kier molecular flexibility index (Phi) is 4.87. The molecule has 1 aliphatic carbocycles. The van der Waals surface area contributed by atoms with Crippen molar-refractivity contribution in [1.29, 1.82) is 0 Å². The van der Waals surface area contributed by atoms with Crippen LogP contribution in [-0.2, 0) is 6.42 Å². The van der Waals surface area contributed by atoms with Gasteiger partial charge in [-0.25, -0.2) is 0 Å². The molecule has 1 aromatic carbocycles. The maximum absolute atomic E-state index is 5.33. The maximum Gasteiger partial charge on any atom is 0.119 e. The lowest BCUT2D eigenvalue weighted by Crippen LogP contribution is -2.43. The highest BCUT2D eigenvalue weighted by Crippen LogP contribution is 2.44. The van der Waals surface area contributed by atoms with E-state index >= 15 is 0 Å². The third-order valence-electron chi connectivity index (χ3n) is 4.97. The van der Waals surface area contributed by atoms with Gasteiger partial charge >= 0.3 is 0 Å². The average molecular weight is 261 g/mol. The highest BCUT2D eigenvalue weighted by atomic mass is 16.5. The lowest BCUT2D eigenvalue weighted by Gasteiger charge is -2.37. The molecule has 19 heavy (non-hydrogen) atoms. The number of benzene rings is 1. The first-order valence-electron chi connectivity index (χ1n) is 7.54. The standard InChI is InChI=1S/C17H27NO/c1-4-17(10-5-6-11-17)16(18-2)13-14-8-7-9-15(12-14)19-3/h7-9,12,16,18H,4-6,10-11,13H2,1-3H3. The molecule has 1 unspecified atom stereocenters. The normalized spacial score (nSPS) is 19.3. The molecule has 0 amide bonds. The van der Waals surface area contributed by atoms with Crippen LogP contribution in [0.25, 0.3) is 0 Å². The zero-order valence-electron chi connectivity index (χ0n) is 12.5. The largest absolute Gasteiger partial charge is 0.497 e. The molecule has 2 nitrogen and oxygen atoms in total. The molecule has 1 fully saturated rings. The van der Waals surface area contributed by atoms with E-state index < -0.39 is 0 Å². The van der Waals surface area contributed by atoms with E-state index in [1.54, 1.807) is 7.11 Å². The van der Waals surface area contributed by atoms with Gasteiger partial charge in [0.25, 0.3) is 0 Å². The van der Waals surface area contributed by atoms with E-state index in [-0.39, 0.29) is 0 Å². The number of hydrogen-bond acceptors (Lipinski definition) is 2. The fraction of sp³-hybridized carbons (Fsp3) is 0.647. The minimum absolute atomic E-state index is 0.498. The molecule has 0 heterocycles. The summed E-state index contributed by atoms with van der Waals surface area (Å²) in [6.45, 7) is 2.35. The average Bonchev–Trinajstić information content (AvgIpc) is 2.95. The van der Waals surface area contributed by atoms with Crippen LogP contribution in [-0.4, -0.2) is 20.2 Å². The second-order valence-corrected chi connectivity index (χ2v) is 5.82. The molecule has 0 saturated heterocycles. The SMILES string of the molecule is CCC1(C(Cc2cccc(OC)c2)NC)CCCC1. The van der Waals surface area contributed by atoms with Crippen LogP contribution in [0.5, 0.6) is 5.75 Å². The van der Waals surface area contributed by atoms with Crippen molar-refractivity contribution in [1.82, 2.24) is 5.32 Å². The van der Waals surface area contributed by atoms with E-state index in [1.165, 1.54) is 37.7 Å². The quantitative estimate of drug-likeness (QED) is 0.841. The third-order valence-corrected chi connectivity index (χ3v) is 4.97. The predicted molar refractivity (Wildman–Crippen MR) is 80.7 cm³/mol. The number of rotatable bonds is 6. The van der Waals surface area contributed by atoms with E-state index in [0.717, 1.165) is 12.2 Å². The molecule has 0 radical (unpaired) electrons. The Balaban J connectivity index is 2.13. The molecule has 2 heteroatoms. The van der Waals surface area contributed by atoms with Gasteiger partial charge < -0.3 is 10.1 Å². The van der Waals surface area contributed by atoms with E-state index in [1.807, 2.05) is 6.07 Å². The molecule has 1 aliphatic rings. The van der Waals surface area contributed by atoms with Crippen LogP contribution in [0.2, 0.25) is 0 Å². The smallest absolute Gasteiger partial charge is 0.119 e. The Morgan fingerprint density at radius 3 is 2.63 bits per heavy atom. The summed E-state index contributed by atoms with van der Waals surface area (Å²) in [7, 11) is 3.85. The predicted octanol–water partition coefficient (Wildman–Crippen LogP) is 3.80. The van der Waals surface area contributed by atoms with Gasteiger partial charge in [0.1, 0.15) is 5.75 Å². The van der Waals surface area contributed by atoms with Gasteiger partial charge in [0.2, 0.25) is 0 Å². The number of likely N-dealkylation sites (N-methyl/N-ethyl adjacent to an activating group) is 1. The monoisotopic (exact) mass is 261 g/mol. The fourth-order valence-corrected chi connectivity index (χ4v) is 3.69. The Labute approximate surface area is 117 Å². The van der Waals surface area contributed by atoms with Crippen molar-refractivity contribution in [3.8, 4) is 5.75 Å². The second kappa shape index (κ2) is 6.42. The molecule has 0 aliphatic heterocycles. The Hall–Kier alpha value is -1.02. The van der Waals surface area contributed by atoms with Gasteiger partial charge in [0.05, 0.1) is 7.11 Å². The minimum Gasteiger partial charge on any atom is -0.497 e. The summed E-state index contributed by atoms with van der Waals surface area (Å²) in [5.74, 6) is 0.962. The third kappa shape index (κ3) is 3.11. The molecule has 1 N–H and O–H groups in total. The van der Waals surface area contributed by atoms with Crippen LogP contribution in [0, 0.1) is 5.41 Å². The first-order valence-corrected chi connectivity index (χ1v) is 7.54. The van der Waals surface area contributed by atoms with Crippen molar-refractivity contribution < 1.29 is 4.74 Å². The van der Waals surface area contributed by atoms with Crippen LogP contribution in [0.3, 0.4) is 0 Å². The van der Waals surface area contributed by atoms with Crippen LogP contribution in [0.4, 0.5) is 0 Å². The second-order valence-electron chi connectivity index (χ2n) is 5.82. The molecule has 0 spiro atoms. The zero-order valence-corrected chi connectivity index (χ0v) is 12.5. The van der Waals surface area contributed by atoms with Crippen molar-refractivity contribution in [3.05, 3.63) is 29.8 Å². The molecule has 1 aromatic rings.